The zero-order valence-corrected chi connectivity index (χ0v) is 11.5. The van der Waals surface area contributed by atoms with Crippen molar-refractivity contribution in [3.05, 3.63) is 28.5 Å². The first-order valence-electron chi connectivity index (χ1n) is 6.23. The predicted molar refractivity (Wildman–Crippen MR) is 71.9 cm³/mol. The number of carbonyl (C=O) groups is 2. The lowest BCUT2D eigenvalue weighted by molar-refractivity contribution is -0.123. The second-order valence-electron chi connectivity index (χ2n) is 4.73. The van der Waals surface area contributed by atoms with Crippen molar-refractivity contribution in [3.63, 3.8) is 0 Å². The fourth-order valence-electron chi connectivity index (χ4n) is 2.39. The van der Waals surface area contributed by atoms with Gasteiger partial charge < -0.3 is 10.6 Å². The minimum atomic E-state index is -0.520. The smallest absolute Gasteiger partial charge is 0.254 e. The van der Waals surface area contributed by atoms with E-state index in [1.807, 2.05) is 0 Å². The first-order chi connectivity index (χ1) is 8.99. The Labute approximate surface area is 116 Å². The average molecular weight is 282 g/mol. The second kappa shape index (κ2) is 5.57. The van der Waals surface area contributed by atoms with Crippen LogP contribution in [0.4, 0.5) is 0 Å². The second-order valence-corrected chi connectivity index (χ2v) is 5.12. The molecule has 1 aliphatic heterocycles. The van der Waals surface area contributed by atoms with E-state index in [9.17, 15) is 9.59 Å². The van der Waals surface area contributed by atoms with Crippen LogP contribution < -0.4 is 5.73 Å². The summed E-state index contributed by atoms with van der Waals surface area (Å²) >= 11 is 5.86. The van der Waals surface area contributed by atoms with Crippen molar-refractivity contribution >= 4 is 23.4 Å². The van der Waals surface area contributed by atoms with Gasteiger partial charge in [-0.1, -0.05) is 11.6 Å². The molecule has 1 aromatic heterocycles. The van der Waals surface area contributed by atoms with Crippen LogP contribution in [-0.4, -0.2) is 34.3 Å². The fraction of sp³-hybridized carbons (Fsp3) is 0.462. The number of amides is 2. The molecule has 102 valence electrons. The van der Waals surface area contributed by atoms with Gasteiger partial charge in [0.15, 0.2) is 0 Å². The highest BCUT2D eigenvalue weighted by molar-refractivity contribution is 6.29. The molecule has 19 heavy (non-hydrogen) atoms. The third-order valence-corrected chi connectivity index (χ3v) is 3.45. The number of rotatable bonds is 2. The normalized spacial score (nSPS) is 19.3. The summed E-state index contributed by atoms with van der Waals surface area (Å²) in [4.78, 5) is 29.4. The topological polar surface area (TPSA) is 76.3 Å². The average Bonchev–Trinajstić information content (AvgIpc) is 2.36. The van der Waals surface area contributed by atoms with Crippen molar-refractivity contribution in [1.29, 1.82) is 0 Å². The van der Waals surface area contributed by atoms with E-state index < -0.39 is 11.9 Å². The summed E-state index contributed by atoms with van der Waals surface area (Å²) in [6.45, 7) is 2.32. The fourth-order valence-corrected chi connectivity index (χ4v) is 2.64. The SMILES string of the molecule is Cc1cc(C(=O)N2CCCCC2C(N)=O)cc(Cl)n1. The molecule has 2 rings (SSSR count). The first kappa shape index (κ1) is 13.8. The number of halogens is 1. The Morgan fingerprint density at radius 2 is 2.16 bits per heavy atom. The van der Waals surface area contributed by atoms with Crippen LogP contribution in [0.25, 0.3) is 0 Å². The molecule has 2 N–H and O–H groups in total. The zero-order chi connectivity index (χ0) is 14.0. The molecule has 1 atom stereocenters. The van der Waals surface area contributed by atoms with Gasteiger partial charge in [-0.25, -0.2) is 4.98 Å². The number of hydrogen-bond donors (Lipinski definition) is 1. The van der Waals surface area contributed by atoms with Crippen LogP contribution >= 0.6 is 11.6 Å². The molecule has 0 spiro atoms. The molecular formula is C13H16ClN3O2. The molecule has 2 heterocycles. The van der Waals surface area contributed by atoms with Crippen LogP contribution in [0.1, 0.15) is 35.3 Å². The number of hydrogen-bond acceptors (Lipinski definition) is 3. The maximum atomic E-state index is 12.5. The van der Waals surface area contributed by atoms with Gasteiger partial charge in [-0.05, 0) is 38.3 Å². The Bertz CT molecular complexity index is 498. The highest BCUT2D eigenvalue weighted by atomic mass is 35.5. The van der Waals surface area contributed by atoms with Gasteiger partial charge in [0.1, 0.15) is 11.2 Å². The van der Waals surface area contributed by atoms with Gasteiger partial charge in [0.2, 0.25) is 5.91 Å². The van der Waals surface area contributed by atoms with Crippen LogP contribution in [0.15, 0.2) is 12.1 Å². The van der Waals surface area contributed by atoms with Crippen molar-refractivity contribution in [3.8, 4) is 0 Å². The minimum absolute atomic E-state index is 0.212. The van der Waals surface area contributed by atoms with Crippen molar-refractivity contribution in [2.45, 2.75) is 32.2 Å². The number of pyridine rings is 1. The van der Waals surface area contributed by atoms with Crippen LogP contribution in [0.5, 0.6) is 0 Å². The summed E-state index contributed by atoms with van der Waals surface area (Å²) in [5.74, 6) is -0.666. The van der Waals surface area contributed by atoms with Gasteiger partial charge in [0.25, 0.3) is 5.91 Å². The number of aryl methyl sites for hydroxylation is 1. The van der Waals surface area contributed by atoms with E-state index in [-0.39, 0.29) is 11.1 Å². The Morgan fingerprint density at radius 1 is 1.42 bits per heavy atom. The molecule has 0 radical (unpaired) electrons. The molecule has 0 aromatic carbocycles. The summed E-state index contributed by atoms with van der Waals surface area (Å²) in [7, 11) is 0. The highest BCUT2D eigenvalue weighted by Crippen LogP contribution is 2.21. The molecular weight excluding hydrogens is 266 g/mol. The molecule has 5 nitrogen and oxygen atoms in total. The molecule has 1 aliphatic rings. The molecule has 2 amide bonds. The number of primary amides is 1. The number of carbonyl (C=O) groups excluding carboxylic acids is 2. The van der Waals surface area contributed by atoms with E-state index in [2.05, 4.69) is 4.98 Å². The largest absolute Gasteiger partial charge is 0.368 e. The Morgan fingerprint density at radius 3 is 2.79 bits per heavy atom. The van der Waals surface area contributed by atoms with Crippen molar-refractivity contribution in [2.75, 3.05) is 6.54 Å². The maximum absolute atomic E-state index is 12.5. The number of likely N-dealkylation sites (tertiary alicyclic amines) is 1. The van der Waals surface area contributed by atoms with Gasteiger partial charge in [0.05, 0.1) is 0 Å². The lowest BCUT2D eigenvalue weighted by atomic mass is 10.0. The molecule has 1 aromatic rings. The van der Waals surface area contributed by atoms with Crippen LogP contribution in [0.3, 0.4) is 0 Å². The molecule has 0 bridgehead atoms. The molecule has 1 saturated heterocycles. The quantitative estimate of drug-likeness (QED) is 0.835. The van der Waals surface area contributed by atoms with Gasteiger partial charge in [-0.3, -0.25) is 9.59 Å². The Balaban J connectivity index is 2.28. The summed E-state index contributed by atoms with van der Waals surface area (Å²) in [6, 6.07) is 2.67. The van der Waals surface area contributed by atoms with Crippen molar-refractivity contribution < 1.29 is 9.59 Å². The summed E-state index contributed by atoms with van der Waals surface area (Å²) < 4.78 is 0. The van der Waals surface area contributed by atoms with E-state index in [1.54, 1.807) is 13.0 Å². The molecule has 6 heteroatoms. The summed E-state index contributed by atoms with van der Waals surface area (Å²) in [6.07, 6.45) is 2.42. The Kier molecular flexibility index (Phi) is 4.04. The highest BCUT2D eigenvalue weighted by Gasteiger charge is 2.31. The Hall–Kier alpha value is -1.62. The van der Waals surface area contributed by atoms with Gasteiger partial charge in [-0.2, -0.15) is 0 Å². The van der Waals surface area contributed by atoms with Crippen molar-refractivity contribution in [2.24, 2.45) is 5.73 Å². The van der Waals surface area contributed by atoms with Gasteiger partial charge in [-0.15, -0.1) is 0 Å². The number of piperidine rings is 1. The number of nitrogens with zero attached hydrogens (tertiary/aromatic N) is 2. The molecule has 0 saturated carbocycles. The zero-order valence-electron chi connectivity index (χ0n) is 10.7. The van der Waals surface area contributed by atoms with Gasteiger partial charge >= 0.3 is 0 Å². The molecule has 1 fully saturated rings. The third-order valence-electron chi connectivity index (χ3n) is 3.26. The van der Waals surface area contributed by atoms with Crippen molar-refractivity contribution in [1.82, 2.24) is 9.88 Å². The standard InChI is InChI=1S/C13H16ClN3O2/c1-8-6-9(7-11(14)16-8)13(19)17-5-3-2-4-10(17)12(15)18/h6-7,10H,2-5H2,1H3,(H2,15,18). The predicted octanol–water partition coefficient (Wildman–Crippen LogP) is 1.52. The number of aromatic nitrogens is 1. The monoisotopic (exact) mass is 281 g/mol. The minimum Gasteiger partial charge on any atom is -0.368 e. The summed E-state index contributed by atoms with van der Waals surface area (Å²) in [5.41, 5.74) is 6.48. The van der Waals surface area contributed by atoms with E-state index in [4.69, 9.17) is 17.3 Å². The summed E-state index contributed by atoms with van der Waals surface area (Å²) in [5, 5.41) is 0.274. The molecule has 0 aliphatic carbocycles. The lowest BCUT2D eigenvalue weighted by Crippen LogP contribution is -2.50. The van der Waals surface area contributed by atoms with Crippen LogP contribution in [-0.2, 0) is 4.79 Å². The first-order valence-corrected chi connectivity index (χ1v) is 6.61. The van der Waals surface area contributed by atoms with E-state index in [1.165, 1.54) is 11.0 Å². The van der Waals surface area contributed by atoms with Crippen LogP contribution in [0.2, 0.25) is 5.15 Å². The number of nitrogens with two attached hydrogens (primary N) is 1. The maximum Gasteiger partial charge on any atom is 0.254 e. The molecule has 1 unspecified atom stereocenters. The van der Waals surface area contributed by atoms with E-state index in [0.29, 0.717) is 24.2 Å². The van der Waals surface area contributed by atoms with E-state index in [0.717, 1.165) is 12.8 Å². The van der Waals surface area contributed by atoms with Crippen LogP contribution in [0, 0.1) is 6.92 Å². The third kappa shape index (κ3) is 3.04. The lowest BCUT2D eigenvalue weighted by Gasteiger charge is -2.33. The van der Waals surface area contributed by atoms with Gasteiger partial charge in [0, 0.05) is 17.8 Å². The van der Waals surface area contributed by atoms with E-state index >= 15 is 0 Å².